The predicted molar refractivity (Wildman–Crippen MR) is 70.9 cm³/mol. The lowest BCUT2D eigenvalue weighted by molar-refractivity contribution is -0.0499. The second-order valence-corrected chi connectivity index (χ2v) is 5.28. The van der Waals surface area contributed by atoms with Crippen molar-refractivity contribution in [3.8, 4) is 11.5 Å². The van der Waals surface area contributed by atoms with E-state index in [9.17, 15) is 8.78 Å². The van der Waals surface area contributed by atoms with Gasteiger partial charge in [0.05, 0.1) is 6.61 Å². The molecule has 5 heteroatoms. The molecule has 0 bridgehead atoms. The summed E-state index contributed by atoms with van der Waals surface area (Å²) in [5, 5.41) is 0. The third kappa shape index (κ3) is 5.03. The van der Waals surface area contributed by atoms with Crippen molar-refractivity contribution in [1.29, 1.82) is 0 Å². The SMILES string of the molecule is CC(C)(C)c1ccc(OC(F)F)cc1OCCCN. The van der Waals surface area contributed by atoms with Crippen LogP contribution in [0.2, 0.25) is 0 Å². The third-order valence-corrected chi connectivity index (χ3v) is 2.59. The monoisotopic (exact) mass is 273 g/mol. The summed E-state index contributed by atoms with van der Waals surface area (Å²) >= 11 is 0. The van der Waals surface area contributed by atoms with Gasteiger partial charge in [-0.3, -0.25) is 0 Å². The first-order valence-electron chi connectivity index (χ1n) is 6.27. The molecule has 0 aliphatic rings. The first-order chi connectivity index (χ1) is 8.84. The first-order valence-corrected chi connectivity index (χ1v) is 6.27. The highest BCUT2D eigenvalue weighted by atomic mass is 19.3. The smallest absolute Gasteiger partial charge is 0.387 e. The number of ether oxygens (including phenoxy) is 2. The van der Waals surface area contributed by atoms with Crippen LogP contribution in [0.15, 0.2) is 18.2 Å². The molecule has 0 aliphatic heterocycles. The largest absolute Gasteiger partial charge is 0.493 e. The summed E-state index contributed by atoms with van der Waals surface area (Å²) in [6, 6.07) is 4.79. The number of hydrogen-bond acceptors (Lipinski definition) is 3. The Morgan fingerprint density at radius 2 is 1.95 bits per heavy atom. The minimum Gasteiger partial charge on any atom is -0.493 e. The minimum atomic E-state index is -2.84. The van der Waals surface area contributed by atoms with E-state index in [-0.39, 0.29) is 11.2 Å². The molecule has 0 fully saturated rings. The molecule has 0 radical (unpaired) electrons. The molecule has 0 atom stereocenters. The molecule has 0 heterocycles. The van der Waals surface area contributed by atoms with Crippen molar-refractivity contribution < 1.29 is 18.3 Å². The van der Waals surface area contributed by atoms with Crippen molar-refractivity contribution in [2.24, 2.45) is 5.73 Å². The molecule has 0 amide bonds. The summed E-state index contributed by atoms with van der Waals surface area (Å²) in [7, 11) is 0. The number of alkyl halides is 2. The van der Waals surface area contributed by atoms with Gasteiger partial charge in [-0.25, -0.2) is 0 Å². The van der Waals surface area contributed by atoms with Crippen LogP contribution in [0.4, 0.5) is 8.78 Å². The Kier molecular flexibility index (Phi) is 5.54. The van der Waals surface area contributed by atoms with Gasteiger partial charge < -0.3 is 15.2 Å². The van der Waals surface area contributed by atoms with Crippen LogP contribution in [-0.4, -0.2) is 19.8 Å². The van der Waals surface area contributed by atoms with Crippen molar-refractivity contribution in [1.82, 2.24) is 0 Å². The van der Waals surface area contributed by atoms with Gasteiger partial charge in [-0.05, 0) is 30.0 Å². The molecule has 19 heavy (non-hydrogen) atoms. The molecule has 1 aromatic carbocycles. The van der Waals surface area contributed by atoms with Crippen LogP contribution < -0.4 is 15.2 Å². The summed E-state index contributed by atoms with van der Waals surface area (Å²) in [5.74, 6) is 0.671. The molecule has 1 rings (SSSR count). The maximum Gasteiger partial charge on any atom is 0.387 e. The van der Waals surface area contributed by atoms with E-state index >= 15 is 0 Å². The lowest BCUT2D eigenvalue weighted by Gasteiger charge is -2.23. The molecule has 0 saturated carbocycles. The van der Waals surface area contributed by atoms with E-state index in [2.05, 4.69) is 4.74 Å². The number of hydrogen-bond donors (Lipinski definition) is 1. The second-order valence-electron chi connectivity index (χ2n) is 5.28. The van der Waals surface area contributed by atoms with E-state index in [1.165, 1.54) is 12.1 Å². The van der Waals surface area contributed by atoms with Crippen LogP contribution in [0, 0.1) is 0 Å². The lowest BCUT2D eigenvalue weighted by Crippen LogP contribution is -2.15. The molecule has 0 aromatic heterocycles. The van der Waals surface area contributed by atoms with E-state index in [0.717, 1.165) is 5.56 Å². The molecule has 0 saturated heterocycles. The van der Waals surface area contributed by atoms with Crippen LogP contribution in [0.5, 0.6) is 11.5 Å². The van der Waals surface area contributed by atoms with E-state index in [1.807, 2.05) is 20.8 Å². The van der Waals surface area contributed by atoms with Crippen LogP contribution in [0.3, 0.4) is 0 Å². The maximum absolute atomic E-state index is 12.2. The fraction of sp³-hybridized carbons (Fsp3) is 0.571. The maximum atomic E-state index is 12.2. The van der Waals surface area contributed by atoms with Crippen molar-refractivity contribution >= 4 is 0 Å². The number of benzene rings is 1. The standard InChI is InChI=1S/C14H21F2NO2/c1-14(2,3)11-6-5-10(19-13(15)16)9-12(11)18-8-4-7-17/h5-6,9,13H,4,7-8,17H2,1-3H3. The van der Waals surface area contributed by atoms with E-state index < -0.39 is 6.61 Å². The molecule has 3 nitrogen and oxygen atoms in total. The van der Waals surface area contributed by atoms with Gasteiger partial charge in [0, 0.05) is 6.07 Å². The quantitative estimate of drug-likeness (QED) is 0.809. The predicted octanol–water partition coefficient (Wildman–Crippen LogP) is 3.31. The Hall–Kier alpha value is -1.36. The van der Waals surface area contributed by atoms with Crippen molar-refractivity contribution in [3.05, 3.63) is 23.8 Å². The van der Waals surface area contributed by atoms with Crippen LogP contribution in [0.1, 0.15) is 32.8 Å². The summed E-state index contributed by atoms with van der Waals surface area (Å²) in [6.07, 6.45) is 0.712. The fourth-order valence-corrected chi connectivity index (χ4v) is 1.68. The zero-order valence-corrected chi connectivity index (χ0v) is 11.6. The van der Waals surface area contributed by atoms with Crippen LogP contribution in [-0.2, 0) is 5.41 Å². The average molecular weight is 273 g/mol. The minimum absolute atomic E-state index is 0.103. The van der Waals surface area contributed by atoms with Gasteiger partial charge in [0.2, 0.25) is 0 Å². The van der Waals surface area contributed by atoms with E-state index in [4.69, 9.17) is 10.5 Å². The van der Waals surface area contributed by atoms with Gasteiger partial charge in [-0.1, -0.05) is 26.8 Å². The van der Waals surface area contributed by atoms with Gasteiger partial charge in [0.25, 0.3) is 0 Å². The summed E-state index contributed by atoms with van der Waals surface area (Å²) in [4.78, 5) is 0. The van der Waals surface area contributed by atoms with E-state index in [0.29, 0.717) is 25.3 Å². The van der Waals surface area contributed by atoms with Crippen LogP contribution in [0.25, 0.3) is 0 Å². The Morgan fingerprint density at radius 1 is 1.26 bits per heavy atom. The van der Waals surface area contributed by atoms with Crippen molar-refractivity contribution in [2.75, 3.05) is 13.2 Å². The first kappa shape index (κ1) is 15.7. The molecule has 0 aliphatic carbocycles. The average Bonchev–Trinajstić information content (AvgIpc) is 2.27. The number of halogens is 2. The fourth-order valence-electron chi connectivity index (χ4n) is 1.68. The highest BCUT2D eigenvalue weighted by molar-refractivity contribution is 5.44. The number of rotatable bonds is 6. The van der Waals surface area contributed by atoms with Gasteiger partial charge in [0.1, 0.15) is 11.5 Å². The topological polar surface area (TPSA) is 44.5 Å². The normalized spacial score (nSPS) is 11.7. The highest BCUT2D eigenvalue weighted by Gasteiger charge is 2.20. The Bertz CT molecular complexity index is 403. The summed E-state index contributed by atoms with van der Waals surface area (Å²) in [5.41, 5.74) is 6.22. The number of nitrogens with two attached hydrogens (primary N) is 1. The zero-order chi connectivity index (χ0) is 14.5. The lowest BCUT2D eigenvalue weighted by atomic mass is 9.86. The van der Waals surface area contributed by atoms with Crippen molar-refractivity contribution in [3.63, 3.8) is 0 Å². The van der Waals surface area contributed by atoms with Gasteiger partial charge in [0.15, 0.2) is 0 Å². The Balaban J connectivity index is 2.97. The Morgan fingerprint density at radius 3 is 2.47 bits per heavy atom. The van der Waals surface area contributed by atoms with Gasteiger partial charge in [-0.2, -0.15) is 8.78 Å². The summed E-state index contributed by atoms with van der Waals surface area (Å²) in [6.45, 7) is 4.25. The zero-order valence-electron chi connectivity index (χ0n) is 11.6. The highest BCUT2D eigenvalue weighted by Crippen LogP contribution is 2.34. The summed E-state index contributed by atoms with van der Waals surface area (Å²) < 4.78 is 34.4. The third-order valence-electron chi connectivity index (χ3n) is 2.59. The molecule has 0 spiro atoms. The van der Waals surface area contributed by atoms with Gasteiger partial charge >= 0.3 is 6.61 Å². The molecular weight excluding hydrogens is 252 g/mol. The molecule has 2 N–H and O–H groups in total. The molecule has 0 unspecified atom stereocenters. The molecule has 1 aromatic rings. The molecular formula is C14H21F2NO2. The van der Waals surface area contributed by atoms with E-state index in [1.54, 1.807) is 6.07 Å². The van der Waals surface area contributed by atoms with Crippen LogP contribution >= 0.6 is 0 Å². The second kappa shape index (κ2) is 6.70. The molecule has 108 valence electrons. The van der Waals surface area contributed by atoms with Crippen molar-refractivity contribution in [2.45, 2.75) is 39.2 Å². The van der Waals surface area contributed by atoms with Gasteiger partial charge in [-0.15, -0.1) is 0 Å². The Labute approximate surface area is 112 Å².